The van der Waals surface area contributed by atoms with Gasteiger partial charge in [0.1, 0.15) is 18.0 Å². The second-order valence-corrected chi connectivity index (χ2v) is 5.85. The quantitative estimate of drug-likeness (QED) is 0.680. The third kappa shape index (κ3) is 4.23. The number of hydrogen-bond acceptors (Lipinski definition) is 4. The van der Waals surface area contributed by atoms with E-state index in [1.54, 1.807) is 0 Å². The zero-order chi connectivity index (χ0) is 17.6. The highest BCUT2D eigenvalue weighted by atomic mass is 16.1. The first kappa shape index (κ1) is 16.7. The van der Waals surface area contributed by atoms with Crippen molar-refractivity contribution >= 4 is 11.7 Å². The molecule has 2 aromatic heterocycles. The minimum absolute atomic E-state index is 0.0602. The van der Waals surface area contributed by atoms with Crippen molar-refractivity contribution in [1.82, 2.24) is 19.9 Å². The molecule has 0 spiro atoms. The maximum Gasteiger partial charge on any atom is 0.251 e. The Bertz CT molecular complexity index is 858. The molecule has 1 aromatic carbocycles. The average molecular weight is 335 g/mol. The molecule has 0 radical (unpaired) electrons. The summed E-state index contributed by atoms with van der Waals surface area (Å²) >= 11 is 0. The summed E-state index contributed by atoms with van der Waals surface area (Å²) < 4.78 is 1.91. The molecule has 0 fully saturated rings. The van der Waals surface area contributed by atoms with Crippen molar-refractivity contribution < 1.29 is 4.79 Å². The summed E-state index contributed by atoms with van der Waals surface area (Å²) in [6, 6.07) is 11.6. The molecule has 0 aliphatic rings. The SMILES string of the molecule is Cc1ccc(C(=O)NCCNc2cc(-n3cccc3)ncn2)c(C)c1. The largest absolute Gasteiger partial charge is 0.368 e. The Hall–Kier alpha value is -3.15. The molecule has 0 atom stereocenters. The van der Waals surface area contributed by atoms with Crippen LogP contribution in [0.4, 0.5) is 5.82 Å². The minimum atomic E-state index is -0.0602. The van der Waals surface area contributed by atoms with E-state index in [0.29, 0.717) is 18.7 Å². The average Bonchev–Trinajstić information content (AvgIpc) is 3.13. The van der Waals surface area contributed by atoms with Gasteiger partial charge in [-0.15, -0.1) is 0 Å². The summed E-state index contributed by atoms with van der Waals surface area (Å²) in [5.74, 6) is 1.45. The van der Waals surface area contributed by atoms with Crippen molar-refractivity contribution in [3.8, 4) is 5.82 Å². The molecule has 0 bridgehead atoms. The summed E-state index contributed by atoms with van der Waals surface area (Å²) in [6.07, 6.45) is 5.37. The van der Waals surface area contributed by atoms with E-state index < -0.39 is 0 Å². The fourth-order valence-electron chi connectivity index (χ4n) is 2.60. The van der Waals surface area contributed by atoms with Crippen LogP contribution in [0.25, 0.3) is 5.82 Å². The molecule has 0 saturated carbocycles. The standard InChI is InChI=1S/C19H21N5O/c1-14-5-6-16(15(2)11-14)19(25)21-8-7-20-17-12-18(23-13-22-17)24-9-3-4-10-24/h3-6,9-13H,7-8H2,1-2H3,(H,21,25)(H,20,22,23). The van der Waals surface area contributed by atoms with E-state index in [4.69, 9.17) is 0 Å². The number of aromatic nitrogens is 3. The van der Waals surface area contributed by atoms with Gasteiger partial charge in [-0.2, -0.15) is 0 Å². The van der Waals surface area contributed by atoms with Crippen molar-refractivity contribution in [3.63, 3.8) is 0 Å². The Morgan fingerprint density at radius 2 is 1.88 bits per heavy atom. The number of carbonyl (C=O) groups is 1. The predicted molar refractivity (Wildman–Crippen MR) is 98.1 cm³/mol. The zero-order valence-corrected chi connectivity index (χ0v) is 14.4. The van der Waals surface area contributed by atoms with E-state index in [2.05, 4.69) is 20.6 Å². The van der Waals surface area contributed by atoms with Crippen LogP contribution in [0.1, 0.15) is 21.5 Å². The number of nitrogens with zero attached hydrogens (tertiary/aromatic N) is 3. The van der Waals surface area contributed by atoms with Crippen LogP contribution in [-0.4, -0.2) is 33.5 Å². The lowest BCUT2D eigenvalue weighted by atomic mass is 10.1. The number of nitrogens with one attached hydrogen (secondary N) is 2. The van der Waals surface area contributed by atoms with Crippen LogP contribution in [0, 0.1) is 13.8 Å². The molecule has 6 nitrogen and oxygen atoms in total. The Labute approximate surface area is 146 Å². The van der Waals surface area contributed by atoms with Crippen molar-refractivity contribution in [2.24, 2.45) is 0 Å². The summed E-state index contributed by atoms with van der Waals surface area (Å²) in [7, 11) is 0. The Morgan fingerprint density at radius 1 is 1.08 bits per heavy atom. The highest BCUT2D eigenvalue weighted by Crippen LogP contribution is 2.10. The molecule has 2 heterocycles. The normalized spacial score (nSPS) is 10.5. The first-order valence-corrected chi connectivity index (χ1v) is 8.18. The third-order valence-corrected chi connectivity index (χ3v) is 3.86. The monoisotopic (exact) mass is 335 g/mol. The summed E-state index contributed by atoms with van der Waals surface area (Å²) in [6.45, 7) is 5.06. The van der Waals surface area contributed by atoms with Gasteiger partial charge in [0.2, 0.25) is 0 Å². The minimum Gasteiger partial charge on any atom is -0.368 e. The Morgan fingerprint density at radius 3 is 2.64 bits per heavy atom. The van der Waals surface area contributed by atoms with Gasteiger partial charge in [0.25, 0.3) is 5.91 Å². The van der Waals surface area contributed by atoms with Crippen molar-refractivity contribution in [3.05, 3.63) is 71.8 Å². The second-order valence-electron chi connectivity index (χ2n) is 5.85. The van der Waals surface area contributed by atoms with Crippen molar-refractivity contribution in [1.29, 1.82) is 0 Å². The van der Waals surface area contributed by atoms with E-state index in [-0.39, 0.29) is 5.91 Å². The first-order chi connectivity index (χ1) is 12.1. The molecule has 1 amide bonds. The molecule has 3 rings (SSSR count). The Balaban J connectivity index is 1.52. The lowest BCUT2D eigenvalue weighted by Gasteiger charge is -2.10. The maximum absolute atomic E-state index is 12.2. The van der Waals surface area contributed by atoms with E-state index in [9.17, 15) is 4.79 Å². The van der Waals surface area contributed by atoms with Gasteiger partial charge in [0.05, 0.1) is 0 Å². The van der Waals surface area contributed by atoms with Crippen molar-refractivity contribution in [2.45, 2.75) is 13.8 Å². The van der Waals surface area contributed by atoms with Gasteiger partial charge in [-0.3, -0.25) is 4.79 Å². The fraction of sp³-hybridized carbons (Fsp3) is 0.211. The van der Waals surface area contributed by atoms with Crippen LogP contribution in [0.15, 0.2) is 55.1 Å². The number of hydrogen-bond donors (Lipinski definition) is 2. The molecule has 6 heteroatoms. The number of aryl methyl sites for hydroxylation is 2. The molecule has 0 unspecified atom stereocenters. The lowest BCUT2D eigenvalue weighted by molar-refractivity contribution is 0.0954. The van der Waals surface area contributed by atoms with E-state index in [0.717, 1.165) is 22.8 Å². The molecule has 128 valence electrons. The third-order valence-electron chi connectivity index (χ3n) is 3.86. The number of anilines is 1. The van der Waals surface area contributed by atoms with Gasteiger partial charge in [-0.1, -0.05) is 17.7 Å². The van der Waals surface area contributed by atoms with Gasteiger partial charge in [-0.05, 0) is 37.6 Å². The number of benzene rings is 1. The molecule has 2 N–H and O–H groups in total. The molecule has 0 aliphatic heterocycles. The van der Waals surface area contributed by atoms with Crippen molar-refractivity contribution in [2.75, 3.05) is 18.4 Å². The summed E-state index contributed by atoms with van der Waals surface area (Å²) in [4.78, 5) is 20.7. The zero-order valence-electron chi connectivity index (χ0n) is 14.4. The highest BCUT2D eigenvalue weighted by molar-refractivity contribution is 5.95. The van der Waals surface area contributed by atoms with Crippen LogP contribution in [0.5, 0.6) is 0 Å². The van der Waals surface area contributed by atoms with Crippen LogP contribution in [0.2, 0.25) is 0 Å². The predicted octanol–water partition coefficient (Wildman–Crippen LogP) is 2.73. The molecule has 0 saturated heterocycles. The second kappa shape index (κ2) is 7.61. The Kier molecular flexibility index (Phi) is 5.09. The fourth-order valence-corrected chi connectivity index (χ4v) is 2.60. The molecular formula is C19H21N5O. The van der Waals surface area contributed by atoms with Gasteiger partial charge < -0.3 is 15.2 Å². The first-order valence-electron chi connectivity index (χ1n) is 8.18. The summed E-state index contributed by atoms with van der Waals surface area (Å²) in [5.41, 5.74) is 2.85. The lowest BCUT2D eigenvalue weighted by Crippen LogP contribution is -2.29. The van der Waals surface area contributed by atoms with Crippen LogP contribution in [0.3, 0.4) is 0 Å². The highest BCUT2D eigenvalue weighted by Gasteiger charge is 2.08. The topological polar surface area (TPSA) is 71.8 Å². The van der Waals surface area contributed by atoms with Crippen LogP contribution < -0.4 is 10.6 Å². The van der Waals surface area contributed by atoms with Gasteiger partial charge in [0, 0.05) is 37.1 Å². The molecule has 0 aliphatic carbocycles. The van der Waals surface area contributed by atoms with Crippen LogP contribution >= 0.6 is 0 Å². The maximum atomic E-state index is 12.2. The van der Waals surface area contributed by atoms with E-state index >= 15 is 0 Å². The van der Waals surface area contributed by atoms with Gasteiger partial charge in [-0.25, -0.2) is 9.97 Å². The number of carbonyl (C=O) groups excluding carboxylic acids is 1. The summed E-state index contributed by atoms with van der Waals surface area (Å²) in [5, 5.41) is 6.12. The van der Waals surface area contributed by atoms with Gasteiger partial charge >= 0.3 is 0 Å². The van der Waals surface area contributed by atoms with Gasteiger partial charge in [0.15, 0.2) is 0 Å². The smallest absolute Gasteiger partial charge is 0.251 e. The van der Waals surface area contributed by atoms with E-state index in [1.807, 2.05) is 67.2 Å². The van der Waals surface area contributed by atoms with E-state index in [1.165, 1.54) is 6.33 Å². The van der Waals surface area contributed by atoms with Crippen LogP contribution in [-0.2, 0) is 0 Å². The molecule has 25 heavy (non-hydrogen) atoms. The molecule has 3 aromatic rings. The molecular weight excluding hydrogens is 314 g/mol. The number of rotatable bonds is 6. The number of amides is 1.